The van der Waals surface area contributed by atoms with Gasteiger partial charge in [0.2, 0.25) is 0 Å². The molecular formula is C16H19NO6. The highest BCUT2D eigenvalue weighted by Gasteiger charge is 2.52. The third-order valence-electron chi connectivity index (χ3n) is 4.60. The Hall–Kier alpha value is -2.15. The van der Waals surface area contributed by atoms with Crippen LogP contribution in [0.5, 0.6) is 0 Å². The van der Waals surface area contributed by atoms with E-state index in [0.717, 1.165) is 12.8 Å². The molecule has 2 N–H and O–H groups in total. The van der Waals surface area contributed by atoms with Crippen LogP contribution in [0.1, 0.15) is 41.7 Å². The molecule has 1 saturated heterocycles. The van der Waals surface area contributed by atoms with Gasteiger partial charge in [0.15, 0.2) is 5.43 Å². The van der Waals surface area contributed by atoms with E-state index >= 15 is 0 Å². The average molecular weight is 321 g/mol. The van der Waals surface area contributed by atoms with Gasteiger partial charge in [-0.05, 0) is 32.6 Å². The van der Waals surface area contributed by atoms with E-state index < -0.39 is 11.9 Å². The summed E-state index contributed by atoms with van der Waals surface area (Å²) < 4.78 is 11.0. The molecule has 7 heteroatoms. The molecule has 23 heavy (non-hydrogen) atoms. The van der Waals surface area contributed by atoms with Crippen molar-refractivity contribution in [2.75, 3.05) is 6.61 Å². The Morgan fingerprint density at radius 3 is 2.87 bits per heavy atom. The Bertz CT molecular complexity index is 688. The van der Waals surface area contributed by atoms with Crippen molar-refractivity contribution in [3.05, 3.63) is 33.7 Å². The topological polar surface area (TPSA) is 106 Å². The summed E-state index contributed by atoms with van der Waals surface area (Å²) in [7, 11) is 0. The second kappa shape index (κ2) is 5.81. The maximum Gasteiger partial charge on any atom is 0.343 e. The zero-order chi connectivity index (χ0) is 16.6. The van der Waals surface area contributed by atoms with Crippen molar-refractivity contribution in [1.29, 1.82) is 0 Å². The van der Waals surface area contributed by atoms with Crippen LogP contribution in [0.3, 0.4) is 0 Å². The molecule has 2 fully saturated rings. The normalized spacial score (nSPS) is 29.3. The fraction of sp³-hybridized carbons (Fsp3) is 0.562. The number of ether oxygens (including phenoxy) is 2. The van der Waals surface area contributed by atoms with Crippen molar-refractivity contribution in [2.45, 2.75) is 44.3 Å². The second-order valence-corrected chi connectivity index (χ2v) is 6.40. The maximum atomic E-state index is 11.9. The fourth-order valence-corrected chi connectivity index (χ4v) is 3.31. The van der Waals surface area contributed by atoms with Crippen molar-refractivity contribution < 1.29 is 24.2 Å². The highest BCUT2D eigenvalue weighted by Crippen LogP contribution is 2.49. The molecule has 1 spiro atoms. The summed E-state index contributed by atoms with van der Waals surface area (Å²) >= 11 is 0. The van der Waals surface area contributed by atoms with Crippen LogP contribution < -0.4 is 5.43 Å². The first-order valence-electron chi connectivity index (χ1n) is 7.66. The summed E-state index contributed by atoms with van der Waals surface area (Å²) in [5.74, 6) is -1.79. The number of esters is 1. The molecule has 1 aromatic heterocycles. The molecule has 2 aliphatic rings. The third-order valence-corrected chi connectivity index (χ3v) is 4.60. The number of carboxylic acids is 1. The van der Waals surface area contributed by atoms with Gasteiger partial charge in [-0.25, -0.2) is 4.79 Å². The zero-order valence-corrected chi connectivity index (χ0v) is 12.8. The van der Waals surface area contributed by atoms with Gasteiger partial charge in [-0.3, -0.25) is 9.59 Å². The highest BCUT2D eigenvalue weighted by molar-refractivity contribution is 5.88. The molecule has 7 nitrogen and oxygen atoms in total. The Morgan fingerprint density at radius 1 is 1.48 bits per heavy atom. The molecule has 0 bridgehead atoms. The van der Waals surface area contributed by atoms with Crippen LogP contribution in [0.25, 0.3) is 0 Å². The van der Waals surface area contributed by atoms with E-state index in [9.17, 15) is 14.4 Å². The zero-order valence-electron chi connectivity index (χ0n) is 12.8. The number of H-pyrrole nitrogens is 1. The highest BCUT2D eigenvalue weighted by atomic mass is 16.6. The molecule has 1 aliphatic carbocycles. The van der Waals surface area contributed by atoms with Gasteiger partial charge in [-0.2, -0.15) is 0 Å². The van der Waals surface area contributed by atoms with Crippen LogP contribution in [0.2, 0.25) is 0 Å². The number of hydrogen-bond donors (Lipinski definition) is 2. The number of aromatic nitrogens is 1. The van der Waals surface area contributed by atoms with E-state index in [1.54, 1.807) is 6.92 Å². The Kier molecular flexibility index (Phi) is 3.97. The number of aromatic amines is 1. The lowest BCUT2D eigenvalue weighted by molar-refractivity contribution is -0.167. The largest absolute Gasteiger partial charge is 0.481 e. The summed E-state index contributed by atoms with van der Waals surface area (Å²) in [5, 5.41) is 8.93. The van der Waals surface area contributed by atoms with Crippen LogP contribution in [0.4, 0.5) is 0 Å². The Balaban J connectivity index is 1.51. The van der Waals surface area contributed by atoms with E-state index in [0.29, 0.717) is 18.5 Å². The first kappa shape index (κ1) is 15.7. The lowest BCUT2D eigenvalue weighted by Crippen LogP contribution is -2.47. The molecule has 0 aromatic carbocycles. The second-order valence-electron chi connectivity index (χ2n) is 6.40. The number of carbonyl (C=O) groups excluding carboxylic acids is 1. The minimum atomic E-state index is -0.785. The molecule has 1 unspecified atom stereocenters. The molecule has 1 aliphatic heterocycles. The molecule has 0 radical (unpaired) electrons. The van der Waals surface area contributed by atoms with Gasteiger partial charge in [0.1, 0.15) is 12.2 Å². The van der Waals surface area contributed by atoms with Gasteiger partial charge in [-0.15, -0.1) is 0 Å². The van der Waals surface area contributed by atoms with Gasteiger partial charge >= 0.3 is 11.9 Å². The quantitative estimate of drug-likeness (QED) is 0.809. The molecule has 1 aromatic rings. The van der Waals surface area contributed by atoms with Gasteiger partial charge in [0.05, 0.1) is 17.6 Å². The third kappa shape index (κ3) is 3.14. The minimum Gasteiger partial charge on any atom is -0.481 e. The van der Waals surface area contributed by atoms with Gasteiger partial charge < -0.3 is 19.6 Å². The summed E-state index contributed by atoms with van der Waals surface area (Å²) in [6, 6.07) is 1.35. The van der Waals surface area contributed by atoms with Gasteiger partial charge in [0, 0.05) is 18.0 Å². The van der Waals surface area contributed by atoms with E-state index in [1.807, 2.05) is 0 Å². The number of pyridine rings is 1. The number of rotatable bonds is 4. The summed E-state index contributed by atoms with van der Waals surface area (Å²) in [6.07, 6.45) is 3.65. The predicted molar refractivity (Wildman–Crippen MR) is 79.3 cm³/mol. The number of carbonyl (C=O) groups is 2. The standard InChI is InChI=1S/C16H19NO6/c1-9-4-13(18)12(7-17-9)15(21)22-8-11-2-3-16(23-11)5-10(6-16)14(19)20/h4,7,10-11H,2-3,5-6,8H2,1H3,(H,17,18)(H,19,20). The molecular weight excluding hydrogens is 302 g/mol. The SMILES string of the molecule is Cc1cc(=O)c(C(=O)OCC2CCC3(CC(C(=O)O)C3)O2)c[nH]1. The van der Waals surface area contributed by atoms with Crippen LogP contribution in [0.15, 0.2) is 17.1 Å². The van der Waals surface area contributed by atoms with Crippen LogP contribution in [0, 0.1) is 12.8 Å². The lowest BCUT2D eigenvalue weighted by Gasteiger charge is -2.42. The minimum absolute atomic E-state index is 0.0297. The smallest absolute Gasteiger partial charge is 0.343 e. The first-order chi connectivity index (χ1) is 10.9. The number of aliphatic carboxylic acids is 1. The van der Waals surface area contributed by atoms with E-state index in [2.05, 4.69) is 4.98 Å². The fourth-order valence-electron chi connectivity index (χ4n) is 3.31. The number of hydrogen-bond acceptors (Lipinski definition) is 5. The maximum absolute atomic E-state index is 11.9. The Morgan fingerprint density at radius 2 is 2.22 bits per heavy atom. The summed E-state index contributed by atoms with van der Waals surface area (Å²) in [6.45, 7) is 1.80. The molecule has 2 heterocycles. The monoisotopic (exact) mass is 321 g/mol. The predicted octanol–water partition coefficient (Wildman–Crippen LogP) is 1.25. The van der Waals surface area contributed by atoms with Crippen molar-refractivity contribution >= 4 is 11.9 Å². The number of carboxylic acid groups (broad SMARTS) is 1. The van der Waals surface area contributed by atoms with Crippen LogP contribution in [-0.4, -0.2) is 40.3 Å². The van der Waals surface area contributed by atoms with Crippen LogP contribution >= 0.6 is 0 Å². The lowest BCUT2D eigenvalue weighted by atomic mass is 9.69. The summed E-state index contributed by atoms with van der Waals surface area (Å²) in [5.41, 5.74) is -0.0941. The van der Waals surface area contributed by atoms with Crippen LogP contribution in [-0.2, 0) is 14.3 Å². The summed E-state index contributed by atoms with van der Waals surface area (Å²) in [4.78, 5) is 37.4. The van der Waals surface area contributed by atoms with Crippen molar-refractivity contribution in [2.24, 2.45) is 5.92 Å². The molecule has 1 atom stereocenters. The average Bonchev–Trinajstić information content (AvgIpc) is 2.87. The number of aryl methyl sites for hydroxylation is 1. The van der Waals surface area contributed by atoms with Gasteiger partial charge in [0.25, 0.3) is 0 Å². The van der Waals surface area contributed by atoms with E-state index in [1.165, 1.54) is 12.3 Å². The van der Waals surface area contributed by atoms with Crippen molar-refractivity contribution in [3.8, 4) is 0 Å². The van der Waals surface area contributed by atoms with Gasteiger partial charge in [-0.1, -0.05) is 0 Å². The molecule has 1 saturated carbocycles. The van der Waals surface area contributed by atoms with E-state index in [-0.39, 0.29) is 35.2 Å². The number of nitrogens with one attached hydrogen (secondary N) is 1. The van der Waals surface area contributed by atoms with Crippen molar-refractivity contribution in [3.63, 3.8) is 0 Å². The Labute approximate surface area is 132 Å². The first-order valence-corrected chi connectivity index (χ1v) is 7.66. The molecule has 3 rings (SSSR count). The van der Waals surface area contributed by atoms with E-state index in [4.69, 9.17) is 14.6 Å². The van der Waals surface area contributed by atoms with Crippen molar-refractivity contribution in [1.82, 2.24) is 4.98 Å². The molecule has 0 amide bonds. The molecule has 124 valence electrons.